The fourth-order valence-electron chi connectivity index (χ4n) is 6.36. The SMILES string of the molecule is CCOc1ccc(CCC[C@]2(C)C=C(NO)[C@@H](O)[C@@H]2C(=O)N2CCN(C3CCCCC3)CC2)cc1. The standard InChI is InChI=1S/C28H43N3O4/c1-3-35-23-13-11-21(12-14-23)8-7-15-28(2)20-24(29-34)26(32)25(28)27(33)31-18-16-30(17-19-31)22-9-5-4-6-10-22/h11-14,20,22,25-26,29,32,34H,3-10,15-19H2,1-2H3/t25-,26-,28-/m1/s1. The number of allylic oxidation sites excluding steroid dienone is 1. The van der Waals surface area contributed by atoms with Gasteiger partial charge in [0.1, 0.15) is 11.9 Å². The number of hydrogen-bond donors (Lipinski definition) is 3. The van der Waals surface area contributed by atoms with E-state index in [1.807, 2.05) is 37.0 Å². The summed E-state index contributed by atoms with van der Waals surface area (Å²) in [5.41, 5.74) is 3.20. The molecular formula is C28H43N3O4. The van der Waals surface area contributed by atoms with E-state index in [4.69, 9.17) is 4.74 Å². The first kappa shape index (κ1) is 26.0. The number of amides is 1. The Kier molecular flexibility index (Phi) is 8.73. The monoisotopic (exact) mass is 485 g/mol. The summed E-state index contributed by atoms with van der Waals surface area (Å²) in [7, 11) is 0. The highest BCUT2D eigenvalue weighted by atomic mass is 16.5. The molecule has 194 valence electrons. The highest BCUT2D eigenvalue weighted by Crippen LogP contribution is 2.45. The third-order valence-corrected chi connectivity index (χ3v) is 8.36. The minimum atomic E-state index is -1.01. The molecule has 0 radical (unpaired) electrons. The molecule has 3 N–H and O–H groups in total. The molecule has 0 unspecified atom stereocenters. The molecule has 1 saturated heterocycles. The molecule has 7 nitrogen and oxygen atoms in total. The van der Waals surface area contributed by atoms with Gasteiger partial charge >= 0.3 is 0 Å². The van der Waals surface area contributed by atoms with Crippen LogP contribution in [0.2, 0.25) is 0 Å². The summed E-state index contributed by atoms with van der Waals surface area (Å²) in [6.07, 6.45) is 9.90. The number of hydroxylamine groups is 1. The van der Waals surface area contributed by atoms with E-state index < -0.39 is 17.4 Å². The number of ether oxygens (including phenoxy) is 1. The smallest absolute Gasteiger partial charge is 0.229 e. The number of hydrogen-bond acceptors (Lipinski definition) is 6. The first-order valence-electron chi connectivity index (χ1n) is 13.5. The quantitative estimate of drug-likeness (QED) is 0.462. The van der Waals surface area contributed by atoms with Gasteiger partial charge in [-0.1, -0.05) is 44.4 Å². The third-order valence-electron chi connectivity index (χ3n) is 8.36. The van der Waals surface area contributed by atoms with Crippen LogP contribution in [-0.4, -0.2) is 71.0 Å². The van der Waals surface area contributed by atoms with Gasteiger partial charge in [-0.2, -0.15) is 0 Å². The lowest BCUT2D eigenvalue weighted by atomic mass is 9.74. The first-order chi connectivity index (χ1) is 16.9. The molecule has 1 aromatic rings. The Morgan fingerprint density at radius 1 is 1.11 bits per heavy atom. The van der Waals surface area contributed by atoms with Gasteiger partial charge in [-0.05, 0) is 56.7 Å². The van der Waals surface area contributed by atoms with Crippen molar-refractivity contribution in [3.8, 4) is 5.75 Å². The summed E-state index contributed by atoms with van der Waals surface area (Å²) in [5.74, 6) is 0.294. The molecule has 4 rings (SSSR count). The number of aryl methyl sites for hydroxylation is 1. The molecule has 3 aliphatic rings. The minimum absolute atomic E-state index is 0.00543. The molecule has 2 fully saturated rings. The minimum Gasteiger partial charge on any atom is -0.494 e. The van der Waals surface area contributed by atoms with Crippen LogP contribution in [0, 0.1) is 11.3 Å². The Morgan fingerprint density at radius 3 is 2.43 bits per heavy atom. The summed E-state index contributed by atoms with van der Waals surface area (Å²) in [6.45, 7) is 7.91. The number of carbonyl (C=O) groups excluding carboxylic acids is 1. The Labute approximate surface area is 210 Å². The number of carbonyl (C=O) groups is 1. The summed E-state index contributed by atoms with van der Waals surface area (Å²) in [6, 6.07) is 8.82. The molecule has 1 amide bonds. The Hall–Kier alpha value is -2.09. The van der Waals surface area contributed by atoms with Crippen molar-refractivity contribution < 1.29 is 19.8 Å². The van der Waals surface area contributed by atoms with Crippen molar-refractivity contribution in [2.45, 2.75) is 77.4 Å². The van der Waals surface area contributed by atoms with Crippen molar-refractivity contribution in [1.29, 1.82) is 0 Å². The van der Waals surface area contributed by atoms with Gasteiger partial charge in [0.05, 0.1) is 18.2 Å². The predicted octanol–water partition coefficient (Wildman–Crippen LogP) is 3.74. The Morgan fingerprint density at radius 2 is 1.80 bits per heavy atom. The van der Waals surface area contributed by atoms with Gasteiger partial charge in [-0.25, -0.2) is 0 Å². The number of benzene rings is 1. The van der Waals surface area contributed by atoms with Crippen LogP contribution in [0.5, 0.6) is 5.75 Å². The maximum absolute atomic E-state index is 13.7. The van der Waals surface area contributed by atoms with Crippen LogP contribution >= 0.6 is 0 Å². The highest BCUT2D eigenvalue weighted by Gasteiger charge is 2.50. The first-order valence-corrected chi connectivity index (χ1v) is 13.5. The van der Waals surface area contributed by atoms with Gasteiger partial charge in [0.25, 0.3) is 0 Å². The van der Waals surface area contributed by atoms with Crippen molar-refractivity contribution in [2.75, 3.05) is 32.8 Å². The van der Waals surface area contributed by atoms with Crippen molar-refractivity contribution in [1.82, 2.24) is 15.3 Å². The molecule has 1 aliphatic heterocycles. The summed E-state index contributed by atoms with van der Waals surface area (Å²) in [4.78, 5) is 18.2. The number of nitrogens with zero attached hydrogens (tertiary/aromatic N) is 2. The Bertz CT molecular complexity index is 859. The van der Waals surface area contributed by atoms with Crippen molar-refractivity contribution in [2.24, 2.45) is 11.3 Å². The van der Waals surface area contributed by atoms with Crippen LogP contribution in [0.4, 0.5) is 0 Å². The molecule has 0 aromatic heterocycles. The van der Waals surface area contributed by atoms with Gasteiger partial charge in [-0.3, -0.25) is 20.4 Å². The van der Waals surface area contributed by atoms with Crippen molar-refractivity contribution >= 4 is 5.91 Å². The zero-order valence-electron chi connectivity index (χ0n) is 21.4. The third kappa shape index (κ3) is 6.01. The average Bonchev–Trinajstić information content (AvgIpc) is 3.15. The van der Waals surface area contributed by atoms with E-state index in [1.54, 1.807) is 0 Å². The second kappa shape index (κ2) is 11.8. The maximum atomic E-state index is 13.7. The molecule has 35 heavy (non-hydrogen) atoms. The van der Waals surface area contributed by atoms with E-state index in [2.05, 4.69) is 22.5 Å². The second-order valence-electron chi connectivity index (χ2n) is 10.7. The van der Waals surface area contributed by atoms with Gasteiger partial charge in [0, 0.05) is 37.6 Å². The normalized spacial score (nSPS) is 28.1. The zero-order valence-corrected chi connectivity index (χ0v) is 21.4. The van der Waals surface area contributed by atoms with Gasteiger partial charge in [0.15, 0.2) is 0 Å². The molecule has 1 heterocycles. The number of piperazine rings is 1. The van der Waals surface area contributed by atoms with Crippen LogP contribution < -0.4 is 10.2 Å². The molecule has 1 aromatic carbocycles. The fourth-order valence-corrected chi connectivity index (χ4v) is 6.36. The van der Waals surface area contributed by atoms with Crippen LogP contribution in [0.15, 0.2) is 36.0 Å². The van der Waals surface area contributed by atoms with Crippen molar-refractivity contribution in [3.63, 3.8) is 0 Å². The summed E-state index contributed by atoms with van der Waals surface area (Å²) in [5, 5.41) is 20.6. The molecule has 3 atom stereocenters. The number of rotatable bonds is 9. The van der Waals surface area contributed by atoms with E-state index in [0.717, 1.165) is 38.1 Å². The predicted molar refractivity (Wildman–Crippen MR) is 136 cm³/mol. The van der Waals surface area contributed by atoms with Crippen LogP contribution in [0.3, 0.4) is 0 Å². The molecule has 7 heteroatoms. The number of nitrogens with one attached hydrogen (secondary N) is 1. The second-order valence-corrected chi connectivity index (χ2v) is 10.7. The lowest BCUT2D eigenvalue weighted by Crippen LogP contribution is -2.55. The van der Waals surface area contributed by atoms with Crippen LogP contribution in [0.1, 0.15) is 64.4 Å². The molecule has 1 saturated carbocycles. The van der Waals surface area contributed by atoms with Gasteiger partial charge < -0.3 is 14.7 Å². The maximum Gasteiger partial charge on any atom is 0.229 e. The van der Waals surface area contributed by atoms with Crippen LogP contribution in [-0.2, 0) is 11.2 Å². The number of aliphatic hydroxyl groups excluding tert-OH is 1. The lowest BCUT2D eigenvalue weighted by molar-refractivity contribution is -0.144. The Balaban J connectivity index is 1.36. The summed E-state index contributed by atoms with van der Waals surface area (Å²) < 4.78 is 5.53. The lowest BCUT2D eigenvalue weighted by Gasteiger charge is -2.43. The molecule has 0 spiro atoms. The van der Waals surface area contributed by atoms with E-state index in [0.29, 0.717) is 31.4 Å². The van der Waals surface area contributed by atoms with E-state index in [-0.39, 0.29) is 5.91 Å². The van der Waals surface area contributed by atoms with E-state index in [9.17, 15) is 15.1 Å². The average molecular weight is 486 g/mol. The topological polar surface area (TPSA) is 85.3 Å². The largest absolute Gasteiger partial charge is 0.494 e. The van der Waals surface area contributed by atoms with E-state index >= 15 is 0 Å². The van der Waals surface area contributed by atoms with Crippen molar-refractivity contribution in [3.05, 3.63) is 41.6 Å². The molecule has 2 aliphatic carbocycles. The highest BCUT2D eigenvalue weighted by molar-refractivity contribution is 5.82. The van der Waals surface area contributed by atoms with E-state index in [1.165, 1.54) is 37.7 Å². The number of aliphatic hydroxyl groups is 1. The molecule has 0 bridgehead atoms. The zero-order chi connectivity index (χ0) is 24.8. The van der Waals surface area contributed by atoms with Gasteiger partial charge in [0.2, 0.25) is 5.91 Å². The fraction of sp³-hybridized carbons (Fsp3) is 0.679. The van der Waals surface area contributed by atoms with Crippen LogP contribution in [0.25, 0.3) is 0 Å². The summed E-state index contributed by atoms with van der Waals surface area (Å²) >= 11 is 0. The molecular weight excluding hydrogens is 442 g/mol. The van der Waals surface area contributed by atoms with Gasteiger partial charge in [-0.15, -0.1) is 0 Å².